The van der Waals surface area contributed by atoms with Crippen LogP contribution in [0.5, 0.6) is 0 Å². The van der Waals surface area contributed by atoms with E-state index in [2.05, 4.69) is 222 Å². The van der Waals surface area contributed by atoms with Crippen LogP contribution in [0.2, 0.25) is 0 Å². The Morgan fingerprint density at radius 1 is 0.233 bits per heavy atom. The molecule has 0 heteroatoms. The van der Waals surface area contributed by atoms with Crippen LogP contribution in [0.25, 0.3) is 99.1 Å². The highest BCUT2D eigenvalue weighted by Crippen LogP contribution is 2.56. The van der Waals surface area contributed by atoms with Crippen LogP contribution in [-0.2, 0) is 10.8 Å². The molecule has 2 aliphatic rings. The fraction of sp³-hybridized carbons (Fsp3) is 0.100. The molecule has 0 fully saturated rings. The van der Waals surface area contributed by atoms with Crippen LogP contribution >= 0.6 is 0 Å². The summed E-state index contributed by atoms with van der Waals surface area (Å²) in [6, 6.07) is 73.1. The third-order valence-corrected chi connectivity index (χ3v) is 14.1. The van der Waals surface area contributed by atoms with Gasteiger partial charge in [0.1, 0.15) is 0 Å². The van der Waals surface area contributed by atoms with Gasteiger partial charge in [0.15, 0.2) is 0 Å². The molecule has 2 aliphatic carbocycles. The van der Waals surface area contributed by atoms with Crippen LogP contribution in [0.3, 0.4) is 0 Å². The van der Waals surface area contributed by atoms with Crippen LogP contribution < -0.4 is 0 Å². The summed E-state index contributed by atoms with van der Waals surface area (Å²) in [6.07, 6.45) is 0. The van der Waals surface area contributed by atoms with Crippen molar-refractivity contribution in [2.24, 2.45) is 0 Å². The molecule has 0 aliphatic heterocycles. The van der Waals surface area contributed by atoms with E-state index >= 15 is 0 Å². The van der Waals surface area contributed by atoms with E-state index in [0.29, 0.717) is 0 Å². The molecular formula is C60H44. The average molecular weight is 765 g/mol. The maximum atomic E-state index is 2.46. The van der Waals surface area contributed by atoms with Crippen LogP contribution in [0.15, 0.2) is 194 Å². The molecule has 0 saturated heterocycles. The SMILES string of the molecule is CC1(C)c2ccccc2-c2ccc(-c3ccc(-c4c5ccccc5c(-c5cccc6c5-c5ccccc5C6(C)C)c5cc(-c6ccccc6)ccc45)c4ccccc34)cc21. The number of hydrogen-bond acceptors (Lipinski definition) is 0. The number of rotatable bonds is 4. The first-order chi connectivity index (χ1) is 29.3. The van der Waals surface area contributed by atoms with Gasteiger partial charge in [-0.2, -0.15) is 0 Å². The van der Waals surface area contributed by atoms with E-state index in [0.717, 1.165) is 0 Å². The van der Waals surface area contributed by atoms with Gasteiger partial charge in [0.25, 0.3) is 0 Å². The summed E-state index contributed by atoms with van der Waals surface area (Å²) >= 11 is 0. The Morgan fingerprint density at radius 2 is 0.717 bits per heavy atom. The van der Waals surface area contributed by atoms with Crippen molar-refractivity contribution < 1.29 is 0 Å². The summed E-state index contributed by atoms with van der Waals surface area (Å²) in [4.78, 5) is 0. The molecule has 0 nitrogen and oxygen atoms in total. The molecule has 0 spiro atoms. The quantitative estimate of drug-likeness (QED) is 0.157. The minimum atomic E-state index is -0.0953. The summed E-state index contributed by atoms with van der Waals surface area (Å²) in [5, 5.41) is 7.61. The minimum absolute atomic E-state index is 0.0629. The maximum Gasteiger partial charge on any atom is 0.0159 e. The van der Waals surface area contributed by atoms with Crippen molar-refractivity contribution >= 4 is 32.3 Å². The third-order valence-electron chi connectivity index (χ3n) is 14.1. The lowest BCUT2D eigenvalue weighted by Crippen LogP contribution is -2.14. The van der Waals surface area contributed by atoms with Gasteiger partial charge in [-0.15, -0.1) is 0 Å². The van der Waals surface area contributed by atoms with Crippen molar-refractivity contribution in [1.82, 2.24) is 0 Å². The standard InChI is InChI=1S/C60H44/c1-59(2)53-27-15-13-24-49(53)58-50(25-16-28-54(58)59)57-46-23-11-10-22-45(46)56(48-32-29-38(35-51(48)57)37-17-6-5-7-18-37)47-34-33-40(41-19-8-9-20-42(41)47)39-30-31-44-43-21-12-14-26-52(43)60(3,4)55(44)36-39/h5-36H,1-4H3. The molecule has 0 heterocycles. The van der Waals surface area contributed by atoms with Gasteiger partial charge in [-0.1, -0.05) is 210 Å². The molecule has 12 rings (SSSR count). The Hall–Kier alpha value is -7.02. The van der Waals surface area contributed by atoms with E-state index in [1.54, 1.807) is 0 Å². The lowest BCUT2D eigenvalue weighted by Gasteiger charge is -2.23. The summed E-state index contributed by atoms with van der Waals surface area (Å²) in [6.45, 7) is 9.50. The number of benzene rings is 10. The normalized spacial score (nSPS) is 14.3. The Kier molecular flexibility index (Phi) is 7.42. The minimum Gasteiger partial charge on any atom is -0.0622 e. The molecule has 284 valence electrons. The maximum absolute atomic E-state index is 2.46. The molecule has 0 bridgehead atoms. The molecule has 0 saturated carbocycles. The van der Waals surface area contributed by atoms with Crippen molar-refractivity contribution in [2.75, 3.05) is 0 Å². The van der Waals surface area contributed by atoms with Gasteiger partial charge in [0.2, 0.25) is 0 Å². The molecule has 0 atom stereocenters. The summed E-state index contributed by atoms with van der Waals surface area (Å²) in [5.74, 6) is 0. The first-order valence-electron chi connectivity index (χ1n) is 21.4. The predicted molar refractivity (Wildman–Crippen MR) is 256 cm³/mol. The first-order valence-corrected chi connectivity index (χ1v) is 21.4. The number of hydrogen-bond donors (Lipinski definition) is 0. The van der Waals surface area contributed by atoms with Crippen LogP contribution in [0.4, 0.5) is 0 Å². The van der Waals surface area contributed by atoms with Crippen LogP contribution in [-0.4, -0.2) is 0 Å². The zero-order valence-corrected chi connectivity index (χ0v) is 34.5. The van der Waals surface area contributed by atoms with E-state index in [4.69, 9.17) is 0 Å². The first kappa shape index (κ1) is 35.0. The topological polar surface area (TPSA) is 0 Å². The van der Waals surface area contributed by atoms with Crippen molar-refractivity contribution in [1.29, 1.82) is 0 Å². The van der Waals surface area contributed by atoms with Crippen molar-refractivity contribution in [2.45, 2.75) is 38.5 Å². The van der Waals surface area contributed by atoms with Gasteiger partial charge in [-0.25, -0.2) is 0 Å². The van der Waals surface area contributed by atoms with E-state index in [1.165, 1.54) is 121 Å². The molecule has 0 unspecified atom stereocenters. The molecular weight excluding hydrogens is 721 g/mol. The fourth-order valence-electron chi connectivity index (χ4n) is 11.2. The second kappa shape index (κ2) is 12.7. The Balaban J connectivity index is 1.14. The summed E-state index contributed by atoms with van der Waals surface area (Å²) in [5.41, 5.74) is 20.9. The number of fused-ring (bicyclic) bond motifs is 9. The predicted octanol–water partition coefficient (Wildman–Crippen LogP) is 16.4. The average Bonchev–Trinajstić information content (AvgIpc) is 3.67. The molecule has 10 aromatic carbocycles. The van der Waals surface area contributed by atoms with Crippen LogP contribution in [0.1, 0.15) is 49.9 Å². The molecule has 0 amide bonds. The van der Waals surface area contributed by atoms with Gasteiger partial charge in [-0.05, 0) is 133 Å². The highest BCUT2D eigenvalue weighted by Gasteiger charge is 2.38. The Labute approximate surface area is 352 Å². The largest absolute Gasteiger partial charge is 0.0622 e. The van der Waals surface area contributed by atoms with Gasteiger partial charge < -0.3 is 0 Å². The molecule has 0 N–H and O–H groups in total. The van der Waals surface area contributed by atoms with E-state index in [-0.39, 0.29) is 10.8 Å². The van der Waals surface area contributed by atoms with Crippen LogP contribution in [0, 0.1) is 0 Å². The van der Waals surface area contributed by atoms with Gasteiger partial charge in [-0.3, -0.25) is 0 Å². The lowest BCUT2D eigenvalue weighted by atomic mass is 9.79. The fourth-order valence-corrected chi connectivity index (χ4v) is 11.2. The lowest BCUT2D eigenvalue weighted by molar-refractivity contribution is 0.660. The third kappa shape index (κ3) is 4.85. The smallest absolute Gasteiger partial charge is 0.0159 e. The summed E-state index contributed by atoms with van der Waals surface area (Å²) < 4.78 is 0. The summed E-state index contributed by atoms with van der Waals surface area (Å²) in [7, 11) is 0. The molecule has 0 aromatic heterocycles. The molecule has 0 radical (unpaired) electrons. The Morgan fingerprint density at radius 3 is 1.47 bits per heavy atom. The second-order valence-corrected chi connectivity index (χ2v) is 18.0. The van der Waals surface area contributed by atoms with Crippen molar-refractivity contribution in [3.05, 3.63) is 216 Å². The zero-order chi connectivity index (χ0) is 40.3. The molecule has 60 heavy (non-hydrogen) atoms. The van der Waals surface area contributed by atoms with Gasteiger partial charge >= 0.3 is 0 Å². The van der Waals surface area contributed by atoms with E-state index in [9.17, 15) is 0 Å². The van der Waals surface area contributed by atoms with E-state index in [1.807, 2.05) is 0 Å². The highest BCUT2D eigenvalue weighted by molar-refractivity contribution is 6.25. The zero-order valence-electron chi connectivity index (χ0n) is 34.5. The van der Waals surface area contributed by atoms with Gasteiger partial charge in [0, 0.05) is 10.8 Å². The Bertz CT molecular complexity index is 3410. The van der Waals surface area contributed by atoms with Crippen molar-refractivity contribution in [3.63, 3.8) is 0 Å². The van der Waals surface area contributed by atoms with E-state index < -0.39 is 0 Å². The molecule has 10 aromatic rings. The van der Waals surface area contributed by atoms with Crippen molar-refractivity contribution in [3.8, 4) is 66.8 Å². The van der Waals surface area contributed by atoms with Gasteiger partial charge in [0.05, 0.1) is 0 Å². The second-order valence-electron chi connectivity index (χ2n) is 18.0. The monoisotopic (exact) mass is 764 g/mol. The highest BCUT2D eigenvalue weighted by atomic mass is 14.4.